The average Bonchev–Trinajstić information content (AvgIpc) is 3.07. The summed E-state index contributed by atoms with van der Waals surface area (Å²) in [6, 6.07) is 12.9. The van der Waals surface area contributed by atoms with Crippen molar-refractivity contribution in [2.24, 2.45) is 0 Å². The first-order chi connectivity index (χ1) is 11.2. The lowest BCUT2D eigenvalue weighted by atomic mass is 10.2. The Balaban J connectivity index is 2.09. The van der Waals surface area contributed by atoms with E-state index < -0.39 is 6.10 Å². The van der Waals surface area contributed by atoms with Gasteiger partial charge in [0.15, 0.2) is 6.10 Å². The number of ether oxygens (including phenoxy) is 1. The van der Waals surface area contributed by atoms with E-state index in [1.165, 1.54) is 0 Å². The van der Waals surface area contributed by atoms with E-state index in [-0.39, 0.29) is 5.91 Å². The van der Waals surface area contributed by atoms with Gasteiger partial charge in [0.05, 0.1) is 12.1 Å². The number of rotatable bonds is 7. The third kappa shape index (κ3) is 4.44. The molecule has 0 saturated carbocycles. The summed E-state index contributed by atoms with van der Waals surface area (Å²) in [5.74, 6) is 0.288. The lowest BCUT2D eigenvalue weighted by molar-refractivity contribution is -0.138. The molecule has 23 heavy (non-hydrogen) atoms. The standard InChI is InChI=1S/C18H18N2O2S/c1-3-10-20(13-16-8-6-11-23-16)18(21)14(2)22-17-9-5-4-7-15(17)12-19/h3-9,11,14H,1,10,13H2,2H3. The molecule has 0 aliphatic rings. The summed E-state index contributed by atoms with van der Waals surface area (Å²) in [4.78, 5) is 15.4. The minimum absolute atomic E-state index is 0.133. The van der Waals surface area contributed by atoms with E-state index >= 15 is 0 Å². The largest absolute Gasteiger partial charge is 0.480 e. The molecule has 0 N–H and O–H groups in total. The smallest absolute Gasteiger partial charge is 0.263 e. The van der Waals surface area contributed by atoms with Crippen LogP contribution < -0.4 is 4.74 Å². The number of para-hydroxylation sites is 1. The maximum Gasteiger partial charge on any atom is 0.263 e. The van der Waals surface area contributed by atoms with E-state index in [0.29, 0.717) is 24.4 Å². The Kier molecular flexibility index (Phi) is 5.95. The molecule has 0 aliphatic heterocycles. The zero-order chi connectivity index (χ0) is 16.7. The highest BCUT2D eigenvalue weighted by molar-refractivity contribution is 7.09. The molecule has 0 aliphatic carbocycles. The van der Waals surface area contributed by atoms with Crippen LogP contribution in [0.15, 0.2) is 54.4 Å². The van der Waals surface area contributed by atoms with Crippen LogP contribution in [0.2, 0.25) is 0 Å². The summed E-state index contributed by atoms with van der Waals surface area (Å²) in [6.07, 6.45) is 1.02. The van der Waals surface area contributed by atoms with E-state index in [9.17, 15) is 4.79 Å². The normalized spacial score (nSPS) is 11.3. The molecule has 1 amide bonds. The summed E-state index contributed by atoms with van der Waals surface area (Å²) in [6.45, 7) is 6.38. The van der Waals surface area contributed by atoms with Gasteiger partial charge in [-0.2, -0.15) is 5.26 Å². The van der Waals surface area contributed by atoms with Gasteiger partial charge in [-0.3, -0.25) is 4.79 Å². The van der Waals surface area contributed by atoms with Crippen molar-refractivity contribution >= 4 is 17.2 Å². The maximum atomic E-state index is 12.6. The molecule has 0 radical (unpaired) electrons. The molecule has 2 aromatic rings. The van der Waals surface area contributed by atoms with E-state index in [1.807, 2.05) is 17.5 Å². The molecular formula is C18H18N2O2S. The molecule has 1 aromatic heterocycles. The Morgan fingerprint density at radius 3 is 2.87 bits per heavy atom. The molecular weight excluding hydrogens is 308 g/mol. The van der Waals surface area contributed by atoms with Gasteiger partial charge in [0.25, 0.3) is 5.91 Å². The molecule has 5 heteroatoms. The summed E-state index contributed by atoms with van der Waals surface area (Å²) in [5.41, 5.74) is 0.417. The number of hydrogen-bond acceptors (Lipinski definition) is 4. The van der Waals surface area contributed by atoms with Gasteiger partial charge in [0.2, 0.25) is 0 Å². The van der Waals surface area contributed by atoms with E-state index in [4.69, 9.17) is 10.00 Å². The van der Waals surface area contributed by atoms with Gasteiger partial charge >= 0.3 is 0 Å². The van der Waals surface area contributed by atoms with Crippen LogP contribution in [0.1, 0.15) is 17.4 Å². The van der Waals surface area contributed by atoms with Crippen LogP contribution in [-0.2, 0) is 11.3 Å². The number of amides is 1. The molecule has 1 atom stereocenters. The molecule has 0 spiro atoms. The average molecular weight is 326 g/mol. The Morgan fingerprint density at radius 1 is 1.43 bits per heavy atom. The highest BCUT2D eigenvalue weighted by atomic mass is 32.1. The number of carbonyl (C=O) groups is 1. The monoisotopic (exact) mass is 326 g/mol. The topological polar surface area (TPSA) is 53.3 Å². The molecule has 118 valence electrons. The van der Waals surface area contributed by atoms with Crippen LogP contribution in [0.4, 0.5) is 0 Å². The molecule has 0 bridgehead atoms. The SMILES string of the molecule is C=CCN(Cc1cccs1)C(=O)C(C)Oc1ccccc1C#N. The first-order valence-electron chi connectivity index (χ1n) is 7.23. The van der Waals surface area contributed by atoms with E-state index in [1.54, 1.807) is 53.5 Å². The number of nitriles is 1. The van der Waals surface area contributed by atoms with E-state index in [2.05, 4.69) is 12.6 Å². The van der Waals surface area contributed by atoms with Crippen LogP contribution in [0.5, 0.6) is 5.75 Å². The molecule has 0 saturated heterocycles. The number of carbonyl (C=O) groups excluding carboxylic acids is 1. The second-order valence-corrected chi connectivity index (χ2v) is 5.99. The Labute approximate surface area is 140 Å². The van der Waals surface area contributed by atoms with Crippen molar-refractivity contribution in [2.75, 3.05) is 6.54 Å². The number of thiophene rings is 1. The van der Waals surface area contributed by atoms with Crippen LogP contribution in [0.25, 0.3) is 0 Å². The molecule has 4 nitrogen and oxygen atoms in total. The zero-order valence-corrected chi connectivity index (χ0v) is 13.8. The Morgan fingerprint density at radius 2 is 2.22 bits per heavy atom. The van der Waals surface area contributed by atoms with Crippen molar-refractivity contribution in [2.45, 2.75) is 19.6 Å². The molecule has 0 fully saturated rings. The first-order valence-corrected chi connectivity index (χ1v) is 8.11. The molecule has 1 unspecified atom stereocenters. The minimum atomic E-state index is -0.676. The van der Waals surface area contributed by atoms with Gasteiger partial charge < -0.3 is 9.64 Å². The van der Waals surface area contributed by atoms with Gasteiger partial charge in [0.1, 0.15) is 11.8 Å². The van der Waals surface area contributed by atoms with Crippen molar-refractivity contribution in [3.05, 3.63) is 64.9 Å². The van der Waals surface area contributed by atoms with Crippen LogP contribution >= 0.6 is 11.3 Å². The van der Waals surface area contributed by atoms with Gasteiger partial charge in [-0.1, -0.05) is 24.3 Å². The highest BCUT2D eigenvalue weighted by Gasteiger charge is 2.22. The number of nitrogens with zero attached hydrogens (tertiary/aromatic N) is 2. The van der Waals surface area contributed by atoms with Crippen molar-refractivity contribution in [1.29, 1.82) is 5.26 Å². The fourth-order valence-electron chi connectivity index (χ4n) is 2.14. The van der Waals surface area contributed by atoms with Crippen molar-refractivity contribution < 1.29 is 9.53 Å². The summed E-state index contributed by atoms with van der Waals surface area (Å²) < 4.78 is 5.70. The molecule has 1 heterocycles. The maximum absolute atomic E-state index is 12.6. The van der Waals surface area contributed by atoms with Gasteiger partial charge in [0, 0.05) is 11.4 Å². The third-order valence-corrected chi connectivity index (χ3v) is 4.11. The van der Waals surface area contributed by atoms with Crippen LogP contribution in [-0.4, -0.2) is 23.5 Å². The lowest BCUT2D eigenvalue weighted by Crippen LogP contribution is -2.40. The summed E-state index contributed by atoms with van der Waals surface area (Å²) in [5, 5.41) is 11.1. The van der Waals surface area contributed by atoms with Crippen molar-refractivity contribution in [1.82, 2.24) is 4.90 Å². The first kappa shape index (κ1) is 16.8. The van der Waals surface area contributed by atoms with Gasteiger partial charge in [-0.15, -0.1) is 17.9 Å². The summed E-state index contributed by atoms with van der Waals surface area (Å²) >= 11 is 1.60. The van der Waals surface area contributed by atoms with Crippen molar-refractivity contribution in [3.63, 3.8) is 0 Å². The predicted octanol–water partition coefficient (Wildman–Crippen LogP) is 3.60. The third-order valence-electron chi connectivity index (χ3n) is 3.25. The minimum Gasteiger partial charge on any atom is -0.480 e. The van der Waals surface area contributed by atoms with Crippen molar-refractivity contribution in [3.8, 4) is 11.8 Å². The summed E-state index contributed by atoms with van der Waals surface area (Å²) in [7, 11) is 0. The number of hydrogen-bond donors (Lipinski definition) is 0. The van der Waals surface area contributed by atoms with Crippen LogP contribution in [0.3, 0.4) is 0 Å². The quantitative estimate of drug-likeness (QED) is 0.731. The van der Waals surface area contributed by atoms with E-state index in [0.717, 1.165) is 4.88 Å². The second-order valence-electron chi connectivity index (χ2n) is 4.95. The highest BCUT2D eigenvalue weighted by Crippen LogP contribution is 2.19. The second kappa shape index (κ2) is 8.16. The van der Waals surface area contributed by atoms with Crippen LogP contribution in [0, 0.1) is 11.3 Å². The fourth-order valence-corrected chi connectivity index (χ4v) is 2.86. The fraction of sp³-hybridized carbons (Fsp3) is 0.222. The predicted molar refractivity (Wildman–Crippen MR) is 91.2 cm³/mol. The lowest BCUT2D eigenvalue weighted by Gasteiger charge is -2.24. The van der Waals surface area contributed by atoms with Gasteiger partial charge in [-0.05, 0) is 30.5 Å². The zero-order valence-electron chi connectivity index (χ0n) is 12.9. The Bertz CT molecular complexity index is 704. The Hall–Kier alpha value is -2.58. The molecule has 2 rings (SSSR count). The van der Waals surface area contributed by atoms with Gasteiger partial charge in [-0.25, -0.2) is 0 Å². The molecule has 1 aromatic carbocycles. The number of benzene rings is 1.